The van der Waals surface area contributed by atoms with Crippen LogP contribution in [0.2, 0.25) is 0 Å². The summed E-state index contributed by atoms with van der Waals surface area (Å²) < 4.78 is 9.72. The summed E-state index contributed by atoms with van der Waals surface area (Å²) >= 11 is 0. The fourth-order valence-corrected chi connectivity index (χ4v) is 3.94. The predicted octanol–water partition coefficient (Wildman–Crippen LogP) is 2.28. The van der Waals surface area contributed by atoms with Crippen LogP contribution < -0.4 is 9.30 Å². The van der Waals surface area contributed by atoms with Crippen molar-refractivity contribution in [2.45, 2.75) is 33.7 Å². The Morgan fingerprint density at radius 1 is 1.18 bits per heavy atom. The Kier molecular flexibility index (Phi) is 4.21. The van der Waals surface area contributed by atoms with Gasteiger partial charge >= 0.3 is 12.0 Å². The van der Waals surface area contributed by atoms with E-state index in [2.05, 4.69) is 0 Å². The molecule has 28 heavy (non-hydrogen) atoms. The number of ether oxygens (including phenoxy) is 1. The van der Waals surface area contributed by atoms with Crippen molar-refractivity contribution in [2.75, 3.05) is 20.2 Å². The van der Waals surface area contributed by atoms with Crippen LogP contribution in [-0.2, 0) is 4.79 Å². The summed E-state index contributed by atoms with van der Waals surface area (Å²) in [6.45, 7) is 8.58. The fourth-order valence-electron chi connectivity index (χ4n) is 3.94. The van der Waals surface area contributed by atoms with Crippen molar-refractivity contribution in [2.24, 2.45) is 4.99 Å². The molecule has 1 aromatic carbocycles. The number of fused-ring (bicyclic) bond motifs is 3. The molecule has 3 heterocycles. The van der Waals surface area contributed by atoms with E-state index in [1.54, 1.807) is 14.0 Å². The summed E-state index contributed by atoms with van der Waals surface area (Å²) in [4.78, 5) is 33.1. The van der Waals surface area contributed by atoms with Crippen LogP contribution in [0.25, 0.3) is 5.69 Å². The molecule has 8 nitrogen and oxygen atoms in total. The van der Waals surface area contributed by atoms with E-state index in [9.17, 15) is 9.59 Å². The number of carbonyl (C=O) groups is 2. The average molecular weight is 382 g/mol. The number of urea groups is 1. The molecule has 0 bridgehead atoms. The number of hydrogen-bond acceptors (Lipinski definition) is 4. The summed E-state index contributed by atoms with van der Waals surface area (Å²) in [5, 5.41) is 0. The molecule has 2 aliphatic heterocycles. The standard InChI is InChI=1S/C20H24N5O3/c1-6-23-18(26)16-17(22(5)20(23)27)21-19-24(12(3)13(4)25(16)19)14-10-8-9-11-15(14)28-7-2/h8-11,16H,6-7H2,1-5H3/q+1. The van der Waals surface area contributed by atoms with Gasteiger partial charge in [-0.2, -0.15) is 4.57 Å². The summed E-state index contributed by atoms with van der Waals surface area (Å²) in [5.74, 6) is 1.58. The number of para-hydroxylation sites is 2. The monoisotopic (exact) mass is 382 g/mol. The van der Waals surface area contributed by atoms with E-state index in [-0.39, 0.29) is 11.9 Å². The van der Waals surface area contributed by atoms with Gasteiger partial charge in [0.25, 0.3) is 5.91 Å². The molecule has 1 fully saturated rings. The number of likely N-dealkylation sites (N-methyl/N-ethyl adjacent to an activating group) is 2. The second-order valence-corrected chi connectivity index (χ2v) is 6.87. The largest absolute Gasteiger partial charge is 0.490 e. The van der Waals surface area contributed by atoms with Crippen LogP contribution in [0.5, 0.6) is 5.75 Å². The summed E-state index contributed by atoms with van der Waals surface area (Å²) in [6, 6.07) is 6.78. The third-order valence-corrected chi connectivity index (χ3v) is 5.44. The zero-order valence-electron chi connectivity index (χ0n) is 16.8. The maximum Gasteiger partial charge on any atom is 0.407 e. The van der Waals surface area contributed by atoms with Gasteiger partial charge in [0.2, 0.25) is 11.9 Å². The normalized spacial score (nSPS) is 18.3. The predicted molar refractivity (Wildman–Crippen MR) is 103 cm³/mol. The molecule has 8 heteroatoms. The maximum absolute atomic E-state index is 13.1. The van der Waals surface area contributed by atoms with Gasteiger partial charge in [0.05, 0.1) is 6.61 Å². The molecule has 146 valence electrons. The Hall–Kier alpha value is -3.16. The number of aliphatic imine (C=N–C) groups is 1. The lowest BCUT2D eigenvalue weighted by atomic mass is 10.1. The van der Waals surface area contributed by atoms with Crippen LogP contribution in [0.1, 0.15) is 31.3 Å². The van der Waals surface area contributed by atoms with Crippen molar-refractivity contribution in [1.82, 2.24) is 14.4 Å². The van der Waals surface area contributed by atoms with Gasteiger partial charge in [-0.05, 0) is 39.8 Å². The molecule has 2 aromatic rings. The molecule has 0 saturated carbocycles. The van der Waals surface area contributed by atoms with Crippen LogP contribution in [0, 0.1) is 13.8 Å². The molecular formula is C20H24N5O3+. The van der Waals surface area contributed by atoms with Crippen molar-refractivity contribution in [3.8, 4) is 11.4 Å². The molecule has 0 aliphatic carbocycles. The van der Waals surface area contributed by atoms with E-state index in [4.69, 9.17) is 9.73 Å². The van der Waals surface area contributed by atoms with Crippen molar-refractivity contribution < 1.29 is 18.9 Å². The first-order chi connectivity index (χ1) is 13.4. The van der Waals surface area contributed by atoms with E-state index in [1.165, 1.54) is 9.80 Å². The minimum atomic E-state index is -0.628. The number of amides is 3. The molecule has 0 radical (unpaired) electrons. The molecule has 0 spiro atoms. The number of carbonyl (C=O) groups excluding carboxylic acids is 2. The van der Waals surface area contributed by atoms with Gasteiger partial charge in [0.15, 0.2) is 5.75 Å². The van der Waals surface area contributed by atoms with Crippen molar-refractivity contribution in [1.29, 1.82) is 0 Å². The SMILES string of the molecule is CCOc1ccccc1-n1c(C)c(C)[n+]2c1N=C1C2C(=O)N(CC)C(=O)N1C. The van der Waals surface area contributed by atoms with Gasteiger partial charge in [-0.25, -0.2) is 9.36 Å². The van der Waals surface area contributed by atoms with Gasteiger partial charge in [-0.1, -0.05) is 17.1 Å². The molecule has 4 rings (SSSR count). The highest BCUT2D eigenvalue weighted by molar-refractivity contribution is 6.19. The van der Waals surface area contributed by atoms with Gasteiger partial charge in [-0.3, -0.25) is 14.6 Å². The molecule has 1 atom stereocenters. The Labute approximate surface area is 163 Å². The molecule has 1 unspecified atom stereocenters. The van der Waals surface area contributed by atoms with Gasteiger partial charge in [0, 0.05) is 13.6 Å². The number of rotatable bonds is 4. The Balaban J connectivity index is 1.95. The smallest absolute Gasteiger partial charge is 0.407 e. The number of benzene rings is 1. The van der Waals surface area contributed by atoms with Gasteiger partial charge in [0.1, 0.15) is 17.1 Å². The highest BCUT2D eigenvalue weighted by atomic mass is 16.5. The number of hydrogen-bond donors (Lipinski definition) is 0. The first kappa shape index (κ1) is 18.2. The highest BCUT2D eigenvalue weighted by Crippen LogP contribution is 2.35. The van der Waals surface area contributed by atoms with E-state index in [0.29, 0.717) is 24.9 Å². The lowest BCUT2D eigenvalue weighted by molar-refractivity contribution is -0.682. The van der Waals surface area contributed by atoms with Gasteiger partial charge < -0.3 is 4.74 Å². The number of amidine groups is 1. The lowest BCUT2D eigenvalue weighted by Crippen LogP contribution is -2.63. The van der Waals surface area contributed by atoms with E-state index < -0.39 is 6.04 Å². The second kappa shape index (κ2) is 6.47. The maximum atomic E-state index is 13.1. The molecule has 0 N–H and O–H groups in total. The Morgan fingerprint density at radius 3 is 2.57 bits per heavy atom. The average Bonchev–Trinajstić information content (AvgIpc) is 3.18. The van der Waals surface area contributed by atoms with Crippen LogP contribution in [0.15, 0.2) is 29.3 Å². The van der Waals surface area contributed by atoms with Crippen LogP contribution in [0.4, 0.5) is 10.7 Å². The molecule has 2 aliphatic rings. The van der Waals surface area contributed by atoms with Crippen molar-refractivity contribution in [3.05, 3.63) is 35.7 Å². The number of nitrogens with zero attached hydrogens (tertiary/aromatic N) is 5. The number of imide groups is 1. The minimum Gasteiger partial charge on any atom is -0.490 e. The molecule has 3 amide bonds. The Bertz CT molecular complexity index is 1020. The second-order valence-electron chi connectivity index (χ2n) is 6.87. The van der Waals surface area contributed by atoms with Gasteiger partial charge in [-0.15, -0.1) is 0 Å². The first-order valence-electron chi connectivity index (χ1n) is 9.45. The summed E-state index contributed by atoms with van der Waals surface area (Å²) in [5.41, 5.74) is 2.76. The van der Waals surface area contributed by atoms with E-state index in [1.807, 2.05) is 54.2 Å². The molecular weight excluding hydrogens is 358 g/mol. The third kappa shape index (κ3) is 2.30. The van der Waals surface area contributed by atoms with Crippen molar-refractivity contribution in [3.63, 3.8) is 0 Å². The Morgan fingerprint density at radius 2 is 1.89 bits per heavy atom. The van der Waals surface area contributed by atoms with Crippen molar-refractivity contribution >= 4 is 23.7 Å². The number of aromatic nitrogens is 2. The summed E-state index contributed by atoms with van der Waals surface area (Å²) in [6.07, 6.45) is 0. The minimum absolute atomic E-state index is 0.244. The quantitative estimate of drug-likeness (QED) is 0.762. The first-order valence-corrected chi connectivity index (χ1v) is 9.45. The van der Waals surface area contributed by atoms with E-state index >= 15 is 0 Å². The van der Waals surface area contributed by atoms with Crippen LogP contribution >= 0.6 is 0 Å². The third-order valence-electron chi connectivity index (χ3n) is 5.44. The number of imidazole rings is 1. The zero-order chi connectivity index (χ0) is 20.2. The van der Waals surface area contributed by atoms with E-state index in [0.717, 1.165) is 22.8 Å². The lowest BCUT2D eigenvalue weighted by Gasteiger charge is -2.32. The topological polar surface area (TPSA) is 71.0 Å². The molecule has 1 aromatic heterocycles. The van der Waals surface area contributed by atoms with Crippen LogP contribution in [0.3, 0.4) is 0 Å². The molecule has 1 saturated heterocycles. The van der Waals surface area contributed by atoms with Crippen LogP contribution in [-0.4, -0.2) is 52.3 Å². The zero-order valence-corrected chi connectivity index (χ0v) is 16.8. The fraction of sp³-hybridized carbons (Fsp3) is 0.400. The highest BCUT2D eigenvalue weighted by Gasteiger charge is 2.54. The summed E-state index contributed by atoms with van der Waals surface area (Å²) in [7, 11) is 1.66.